The molecule has 2 N–H and O–H groups in total. The van der Waals surface area contributed by atoms with E-state index in [1.54, 1.807) is 0 Å². The highest BCUT2D eigenvalue weighted by Crippen LogP contribution is 2.17. The third-order valence-electron chi connectivity index (χ3n) is 2.57. The highest BCUT2D eigenvalue weighted by molar-refractivity contribution is 5.48. The summed E-state index contributed by atoms with van der Waals surface area (Å²) in [6.07, 6.45) is 0. The molecule has 4 heteroatoms. The van der Waals surface area contributed by atoms with E-state index < -0.39 is 0 Å². The van der Waals surface area contributed by atoms with E-state index in [4.69, 9.17) is 10.5 Å². The standard InChI is InChI=1S/C12H21N3O/c1-4-15(5-2)8-9-16-12-11(13)7-6-10(3)14-12/h6-7H,4-5,8-9,13H2,1-3H3. The Morgan fingerprint density at radius 2 is 2.00 bits per heavy atom. The normalized spacial score (nSPS) is 10.8. The van der Waals surface area contributed by atoms with Crippen LogP contribution < -0.4 is 10.5 Å². The fraction of sp³-hybridized carbons (Fsp3) is 0.583. The van der Waals surface area contributed by atoms with E-state index in [-0.39, 0.29) is 0 Å². The van der Waals surface area contributed by atoms with Crippen molar-refractivity contribution in [2.45, 2.75) is 20.8 Å². The van der Waals surface area contributed by atoms with Crippen LogP contribution >= 0.6 is 0 Å². The largest absolute Gasteiger partial charge is 0.475 e. The highest BCUT2D eigenvalue weighted by atomic mass is 16.5. The van der Waals surface area contributed by atoms with Crippen LogP contribution in [0.15, 0.2) is 12.1 Å². The lowest BCUT2D eigenvalue weighted by Crippen LogP contribution is -2.28. The zero-order valence-corrected chi connectivity index (χ0v) is 10.4. The van der Waals surface area contributed by atoms with Crippen molar-refractivity contribution in [3.8, 4) is 5.88 Å². The molecular formula is C12H21N3O. The molecule has 0 aliphatic rings. The van der Waals surface area contributed by atoms with E-state index in [2.05, 4.69) is 23.7 Å². The average Bonchev–Trinajstić information content (AvgIpc) is 2.29. The van der Waals surface area contributed by atoms with Gasteiger partial charge < -0.3 is 15.4 Å². The summed E-state index contributed by atoms with van der Waals surface area (Å²) in [7, 11) is 0. The van der Waals surface area contributed by atoms with Gasteiger partial charge in [0.15, 0.2) is 0 Å². The number of nitrogens with two attached hydrogens (primary N) is 1. The first-order chi connectivity index (χ1) is 7.67. The quantitative estimate of drug-likeness (QED) is 0.797. The predicted octanol–water partition coefficient (Wildman–Crippen LogP) is 1.69. The van der Waals surface area contributed by atoms with Gasteiger partial charge in [-0.1, -0.05) is 13.8 Å². The molecule has 0 radical (unpaired) electrons. The summed E-state index contributed by atoms with van der Waals surface area (Å²) in [5.41, 5.74) is 7.30. The summed E-state index contributed by atoms with van der Waals surface area (Å²) < 4.78 is 5.57. The molecule has 4 nitrogen and oxygen atoms in total. The van der Waals surface area contributed by atoms with Gasteiger partial charge in [0, 0.05) is 12.2 Å². The van der Waals surface area contributed by atoms with E-state index in [9.17, 15) is 0 Å². The van der Waals surface area contributed by atoms with Gasteiger partial charge in [-0.15, -0.1) is 0 Å². The fourth-order valence-corrected chi connectivity index (χ4v) is 1.47. The Bertz CT molecular complexity index is 324. The molecule has 0 aliphatic heterocycles. The van der Waals surface area contributed by atoms with Crippen LogP contribution in [0.5, 0.6) is 5.88 Å². The number of nitrogens with zero attached hydrogens (tertiary/aromatic N) is 2. The van der Waals surface area contributed by atoms with Gasteiger partial charge in [-0.05, 0) is 32.1 Å². The summed E-state index contributed by atoms with van der Waals surface area (Å²) >= 11 is 0. The summed E-state index contributed by atoms with van der Waals surface area (Å²) in [6.45, 7) is 9.82. The molecule has 0 atom stereocenters. The summed E-state index contributed by atoms with van der Waals surface area (Å²) in [5, 5.41) is 0. The van der Waals surface area contributed by atoms with Crippen molar-refractivity contribution >= 4 is 5.69 Å². The SMILES string of the molecule is CCN(CC)CCOc1nc(C)ccc1N. The summed E-state index contributed by atoms with van der Waals surface area (Å²) in [4.78, 5) is 6.55. The van der Waals surface area contributed by atoms with E-state index >= 15 is 0 Å². The van der Waals surface area contributed by atoms with Crippen LogP contribution in [0.2, 0.25) is 0 Å². The van der Waals surface area contributed by atoms with Crippen LogP contribution in [0.3, 0.4) is 0 Å². The van der Waals surface area contributed by atoms with Crippen molar-refractivity contribution in [1.29, 1.82) is 0 Å². The minimum atomic E-state index is 0.548. The number of anilines is 1. The topological polar surface area (TPSA) is 51.4 Å². The maximum atomic E-state index is 5.77. The third-order valence-corrected chi connectivity index (χ3v) is 2.57. The molecule has 0 unspecified atom stereocenters. The molecular weight excluding hydrogens is 202 g/mol. The van der Waals surface area contributed by atoms with E-state index in [1.165, 1.54) is 0 Å². The molecule has 0 saturated heterocycles. The second-order valence-electron chi connectivity index (χ2n) is 3.72. The van der Waals surface area contributed by atoms with Gasteiger partial charge in [0.2, 0.25) is 5.88 Å². The Hall–Kier alpha value is -1.29. The van der Waals surface area contributed by atoms with Crippen molar-refractivity contribution in [3.05, 3.63) is 17.8 Å². The number of aryl methyl sites for hydroxylation is 1. The van der Waals surface area contributed by atoms with Crippen LogP contribution in [-0.2, 0) is 0 Å². The maximum absolute atomic E-state index is 5.77. The molecule has 0 spiro atoms. The number of hydrogen-bond donors (Lipinski definition) is 1. The van der Waals surface area contributed by atoms with Crippen LogP contribution in [0.1, 0.15) is 19.5 Å². The van der Waals surface area contributed by atoms with Gasteiger partial charge in [-0.25, -0.2) is 4.98 Å². The average molecular weight is 223 g/mol. The number of likely N-dealkylation sites (N-methyl/N-ethyl adjacent to an activating group) is 1. The van der Waals surface area contributed by atoms with Gasteiger partial charge in [-0.2, -0.15) is 0 Å². The monoisotopic (exact) mass is 223 g/mol. The van der Waals surface area contributed by atoms with Gasteiger partial charge >= 0.3 is 0 Å². The van der Waals surface area contributed by atoms with Crippen LogP contribution in [0.4, 0.5) is 5.69 Å². The third kappa shape index (κ3) is 3.70. The number of ether oxygens (including phenoxy) is 1. The minimum absolute atomic E-state index is 0.548. The smallest absolute Gasteiger partial charge is 0.237 e. The molecule has 0 aromatic carbocycles. The Morgan fingerprint density at radius 1 is 1.31 bits per heavy atom. The Balaban J connectivity index is 2.45. The number of pyridine rings is 1. The Labute approximate surface area is 97.4 Å². The first-order valence-electron chi connectivity index (χ1n) is 5.75. The van der Waals surface area contributed by atoms with Crippen LogP contribution in [0.25, 0.3) is 0 Å². The van der Waals surface area contributed by atoms with Gasteiger partial charge in [0.25, 0.3) is 0 Å². The second-order valence-corrected chi connectivity index (χ2v) is 3.72. The number of rotatable bonds is 6. The molecule has 0 saturated carbocycles. The molecule has 1 heterocycles. The first kappa shape index (κ1) is 12.8. The lowest BCUT2D eigenvalue weighted by atomic mass is 10.3. The molecule has 0 amide bonds. The molecule has 1 aromatic rings. The van der Waals surface area contributed by atoms with Crippen molar-refractivity contribution in [1.82, 2.24) is 9.88 Å². The van der Waals surface area contributed by atoms with Gasteiger partial charge in [0.05, 0.1) is 5.69 Å². The molecule has 0 bridgehead atoms. The lowest BCUT2D eigenvalue weighted by molar-refractivity contribution is 0.218. The minimum Gasteiger partial charge on any atom is -0.475 e. The van der Waals surface area contributed by atoms with Crippen molar-refractivity contribution in [3.63, 3.8) is 0 Å². The van der Waals surface area contributed by atoms with Crippen LogP contribution in [-0.4, -0.2) is 36.1 Å². The van der Waals surface area contributed by atoms with Crippen molar-refractivity contribution < 1.29 is 4.74 Å². The molecule has 1 aromatic heterocycles. The van der Waals surface area contributed by atoms with Crippen molar-refractivity contribution in [2.24, 2.45) is 0 Å². The predicted molar refractivity (Wildman–Crippen MR) is 66.7 cm³/mol. The number of hydrogen-bond acceptors (Lipinski definition) is 4. The first-order valence-corrected chi connectivity index (χ1v) is 5.75. The summed E-state index contributed by atoms with van der Waals surface area (Å²) in [5.74, 6) is 0.548. The molecule has 0 aliphatic carbocycles. The lowest BCUT2D eigenvalue weighted by Gasteiger charge is -2.18. The Kier molecular flexibility index (Phi) is 5.05. The zero-order valence-electron chi connectivity index (χ0n) is 10.4. The number of aromatic nitrogens is 1. The number of nitrogen functional groups attached to an aromatic ring is 1. The second kappa shape index (κ2) is 6.33. The van der Waals surface area contributed by atoms with Gasteiger partial charge in [-0.3, -0.25) is 0 Å². The molecule has 0 fully saturated rings. The van der Waals surface area contributed by atoms with Crippen molar-refractivity contribution in [2.75, 3.05) is 32.0 Å². The van der Waals surface area contributed by atoms with Gasteiger partial charge in [0.1, 0.15) is 6.61 Å². The summed E-state index contributed by atoms with van der Waals surface area (Å²) in [6, 6.07) is 3.71. The van der Waals surface area contributed by atoms with E-state index in [0.717, 1.165) is 25.3 Å². The zero-order chi connectivity index (χ0) is 12.0. The fourth-order valence-electron chi connectivity index (χ4n) is 1.47. The van der Waals surface area contributed by atoms with E-state index in [0.29, 0.717) is 18.2 Å². The molecule has 90 valence electrons. The molecule has 16 heavy (non-hydrogen) atoms. The van der Waals surface area contributed by atoms with E-state index in [1.807, 2.05) is 19.1 Å². The maximum Gasteiger partial charge on any atom is 0.237 e. The highest BCUT2D eigenvalue weighted by Gasteiger charge is 2.04. The molecule has 1 rings (SSSR count). The van der Waals surface area contributed by atoms with Crippen LogP contribution in [0, 0.1) is 6.92 Å². The Morgan fingerprint density at radius 3 is 2.62 bits per heavy atom.